The van der Waals surface area contributed by atoms with Crippen molar-refractivity contribution in [1.82, 2.24) is 4.90 Å². The monoisotopic (exact) mass is 313 g/mol. The Kier molecular flexibility index (Phi) is 4.19. The summed E-state index contributed by atoms with van der Waals surface area (Å²) in [6.07, 6.45) is -1.03. The molecule has 7 heteroatoms. The van der Waals surface area contributed by atoms with E-state index >= 15 is 0 Å². The number of carbonyl (C=O) groups excluding carboxylic acids is 1. The van der Waals surface area contributed by atoms with Crippen LogP contribution in [-0.2, 0) is 9.59 Å². The first-order valence-corrected chi connectivity index (χ1v) is 6.80. The molecule has 1 amide bonds. The fraction of sp³-hybridized carbons (Fsp3) is 0.467. The van der Waals surface area contributed by atoms with Gasteiger partial charge in [-0.1, -0.05) is 0 Å². The molecule has 0 radical (unpaired) electrons. The summed E-state index contributed by atoms with van der Waals surface area (Å²) in [7, 11) is 0. The van der Waals surface area contributed by atoms with Gasteiger partial charge in [-0.25, -0.2) is 8.78 Å². The van der Waals surface area contributed by atoms with Gasteiger partial charge in [0.2, 0.25) is 5.91 Å². The molecule has 1 aromatic carbocycles. The number of piperidine rings is 1. The van der Waals surface area contributed by atoms with Gasteiger partial charge >= 0.3 is 5.97 Å². The van der Waals surface area contributed by atoms with E-state index in [1.54, 1.807) is 0 Å². The van der Waals surface area contributed by atoms with Gasteiger partial charge in [-0.3, -0.25) is 9.59 Å². The maximum Gasteiger partial charge on any atom is 0.323 e. The summed E-state index contributed by atoms with van der Waals surface area (Å²) in [5, 5.41) is 19.1. The van der Waals surface area contributed by atoms with Crippen molar-refractivity contribution in [3.8, 4) is 0 Å². The summed E-state index contributed by atoms with van der Waals surface area (Å²) in [4.78, 5) is 24.5. The molecule has 0 unspecified atom stereocenters. The summed E-state index contributed by atoms with van der Waals surface area (Å²) in [6.45, 7) is 2.42. The van der Waals surface area contributed by atoms with E-state index in [2.05, 4.69) is 0 Å². The Morgan fingerprint density at radius 1 is 1.32 bits per heavy atom. The maximum absolute atomic E-state index is 13.4. The van der Waals surface area contributed by atoms with Gasteiger partial charge in [-0.05, 0) is 38.0 Å². The fourth-order valence-electron chi connectivity index (χ4n) is 2.70. The highest BCUT2D eigenvalue weighted by Crippen LogP contribution is 2.40. The highest BCUT2D eigenvalue weighted by molar-refractivity contribution is 5.87. The Morgan fingerprint density at radius 2 is 1.86 bits per heavy atom. The van der Waals surface area contributed by atoms with Crippen molar-refractivity contribution in [2.24, 2.45) is 5.41 Å². The number of carboxylic acids is 1. The van der Waals surface area contributed by atoms with E-state index < -0.39 is 47.6 Å². The van der Waals surface area contributed by atoms with Crippen LogP contribution in [0.2, 0.25) is 0 Å². The molecule has 0 spiro atoms. The molecule has 120 valence electrons. The first-order chi connectivity index (χ1) is 10.1. The topological polar surface area (TPSA) is 77.8 Å². The number of hydrogen-bond donors (Lipinski definition) is 2. The molecule has 0 bridgehead atoms. The lowest BCUT2D eigenvalue weighted by Crippen LogP contribution is -2.55. The van der Waals surface area contributed by atoms with Crippen LogP contribution >= 0.6 is 0 Å². The van der Waals surface area contributed by atoms with E-state index in [4.69, 9.17) is 5.11 Å². The van der Waals surface area contributed by atoms with Crippen LogP contribution < -0.4 is 0 Å². The minimum atomic E-state index is -1.23. The van der Waals surface area contributed by atoms with Crippen LogP contribution in [0.3, 0.4) is 0 Å². The molecule has 1 aromatic rings. The Balaban J connectivity index is 2.46. The second-order valence-electron chi connectivity index (χ2n) is 6.02. The summed E-state index contributed by atoms with van der Waals surface area (Å²) < 4.78 is 26.8. The van der Waals surface area contributed by atoms with Crippen molar-refractivity contribution in [2.45, 2.75) is 32.4 Å². The number of nitrogens with zero attached hydrogens (tertiary/aromatic N) is 1. The summed E-state index contributed by atoms with van der Waals surface area (Å²) in [5.41, 5.74) is -1.03. The lowest BCUT2D eigenvalue weighted by Gasteiger charge is -2.45. The van der Waals surface area contributed by atoms with Crippen LogP contribution in [0.4, 0.5) is 8.78 Å². The van der Waals surface area contributed by atoms with Crippen molar-refractivity contribution in [2.75, 3.05) is 6.54 Å². The van der Waals surface area contributed by atoms with Crippen LogP contribution in [-0.4, -0.2) is 39.6 Å². The average molecular weight is 313 g/mol. The Bertz CT molecular complexity index is 597. The van der Waals surface area contributed by atoms with Crippen LogP contribution in [0.5, 0.6) is 0 Å². The zero-order valence-corrected chi connectivity index (χ0v) is 12.2. The molecule has 1 heterocycles. The number of likely N-dealkylation sites (tertiary alicyclic amines) is 1. The third-order valence-electron chi connectivity index (χ3n) is 4.04. The van der Waals surface area contributed by atoms with Crippen molar-refractivity contribution in [1.29, 1.82) is 0 Å². The van der Waals surface area contributed by atoms with Crippen molar-refractivity contribution < 1.29 is 28.6 Å². The van der Waals surface area contributed by atoms with E-state index in [0.717, 1.165) is 17.0 Å². The van der Waals surface area contributed by atoms with Crippen LogP contribution in [0.25, 0.3) is 0 Å². The first-order valence-electron chi connectivity index (χ1n) is 6.80. The van der Waals surface area contributed by atoms with E-state index in [1.807, 2.05) is 0 Å². The zero-order valence-electron chi connectivity index (χ0n) is 12.2. The highest BCUT2D eigenvalue weighted by Gasteiger charge is 2.47. The third kappa shape index (κ3) is 2.94. The number of rotatable bonds is 3. The molecule has 0 aromatic heterocycles. The molecule has 1 aliphatic heterocycles. The zero-order chi connectivity index (χ0) is 16.7. The molecule has 1 saturated heterocycles. The predicted molar refractivity (Wildman–Crippen MR) is 72.9 cm³/mol. The van der Waals surface area contributed by atoms with Crippen molar-refractivity contribution >= 4 is 11.9 Å². The smallest absolute Gasteiger partial charge is 0.323 e. The summed E-state index contributed by atoms with van der Waals surface area (Å²) >= 11 is 0. The van der Waals surface area contributed by atoms with Crippen molar-refractivity contribution in [3.05, 3.63) is 35.4 Å². The van der Waals surface area contributed by atoms with E-state index in [1.165, 1.54) is 13.8 Å². The largest absolute Gasteiger partial charge is 0.480 e. The third-order valence-corrected chi connectivity index (χ3v) is 4.04. The quantitative estimate of drug-likeness (QED) is 0.890. The molecule has 22 heavy (non-hydrogen) atoms. The number of aliphatic carboxylic acids is 1. The van der Waals surface area contributed by atoms with Gasteiger partial charge in [0, 0.05) is 6.07 Å². The lowest BCUT2D eigenvalue weighted by molar-refractivity contribution is -0.164. The normalized spacial score (nSPS) is 24.4. The minimum Gasteiger partial charge on any atom is -0.480 e. The Morgan fingerprint density at radius 3 is 2.36 bits per heavy atom. The summed E-state index contributed by atoms with van der Waals surface area (Å²) in [6, 6.07) is 1.88. The average Bonchev–Trinajstić information content (AvgIpc) is 2.38. The van der Waals surface area contributed by atoms with E-state index in [0.29, 0.717) is 6.07 Å². The molecule has 5 nitrogen and oxygen atoms in total. The highest BCUT2D eigenvalue weighted by atomic mass is 19.1. The molecule has 0 saturated carbocycles. The number of carboxylic acid groups (broad SMARTS) is 1. The number of benzene rings is 1. The van der Waals surface area contributed by atoms with Crippen LogP contribution in [0.1, 0.15) is 31.9 Å². The fourth-order valence-corrected chi connectivity index (χ4v) is 2.70. The standard InChI is InChI=1S/C15H17F2NO4/c1-15(2)12(19)6-11(18(14(15)22)7-13(20)21)8-3-9(16)5-10(17)4-8/h3-5,11-12,19H,6-7H2,1-2H3,(H,20,21)/t11-,12+/m0/s1. The molecule has 1 fully saturated rings. The Hall–Kier alpha value is -2.02. The number of amides is 1. The number of aliphatic hydroxyl groups excluding tert-OH is 1. The molecular weight excluding hydrogens is 296 g/mol. The van der Waals surface area contributed by atoms with Gasteiger partial charge in [0.25, 0.3) is 0 Å². The molecule has 2 atom stereocenters. The van der Waals surface area contributed by atoms with Crippen molar-refractivity contribution in [3.63, 3.8) is 0 Å². The number of carbonyl (C=O) groups is 2. The van der Waals surface area contributed by atoms with Gasteiger partial charge in [-0.2, -0.15) is 0 Å². The van der Waals surface area contributed by atoms with Gasteiger partial charge < -0.3 is 15.1 Å². The minimum absolute atomic E-state index is 0.00884. The molecular formula is C15H17F2NO4. The van der Waals surface area contributed by atoms with Crippen LogP contribution in [0, 0.1) is 17.0 Å². The van der Waals surface area contributed by atoms with E-state index in [9.17, 15) is 23.5 Å². The SMILES string of the molecule is CC1(C)C(=O)N(CC(=O)O)[C@H](c2cc(F)cc(F)c2)C[C@H]1O. The molecule has 0 aliphatic carbocycles. The van der Waals surface area contributed by atoms with Gasteiger partial charge in [0.05, 0.1) is 17.6 Å². The van der Waals surface area contributed by atoms with Crippen LogP contribution in [0.15, 0.2) is 18.2 Å². The predicted octanol–water partition coefficient (Wildman–Crippen LogP) is 1.71. The molecule has 1 aliphatic rings. The second-order valence-corrected chi connectivity index (χ2v) is 6.02. The van der Waals surface area contributed by atoms with Gasteiger partial charge in [-0.15, -0.1) is 0 Å². The summed E-state index contributed by atoms with van der Waals surface area (Å²) in [5.74, 6) is -3.44. The lowest BCUT2D eigenvalue weighted by atomic mass is 9.76. The number of aliphatic hydroxyl groups is 1. The molecule has 2 N–H and O–H groups in total. The first kappa shape index (κ1) is 16.4. The van der Waals surface area contributed by atoms with E-state index in [-0.39, 0.29) is 12.0 Å². The van der Waals surface area contributed by atoms with Gasteiger partial charge in [0.1, 0.15) is 18.2 Å². The Labute approximate surface area is 126 Å². The molecule has 2 rings (SSSR count). The van der Waals surface area contributed by atoms with Gasteiger partial charge in [0.15, 0.2) is 0 Å². The number of halogens is 2. The number of hydrogen-bond acceptors (Lipinski definition) is 3. The maximum atomic E-state index is 13.4. The second kappa shape index (κ2) is 5.64.